The van der Waals surface area contributed by atoms with Gasteiger partial charge in [0.2, 0.25) is 17.1 Å². The smallest absolute Gasteiger partial charge is 0.220 e. The fourth-order valence-electron chi connectivity index (χ4n) is 3.50. The maximum Gasteiger partial charge on any atom is 0.220 e. The molecule has 0 radical (unpaired) electrons. The molecule has 0 aliphatic carbocycles. The first kappa shape index (κ1) is 22.2. The molecule has 0 atom stereocenters. The van der Waals surface area contributed by atoms with Crippen molar-refractivity contribution in [1.29, 1.82) is 0 Å². The van der Waals surface area contributed by atoms with Crippen molar-refractivity contribution in [2.75, 3.05) is 13.1 Å². The zero-order chi connectivity index (χ0) is 21.2. The van der Waals surface area contributed by atoms with E-state index in [2.05, 4.69) is 86.5 Å². The maximum atomic E-state index is 11.7. The van der Waals surface area contributed by atoms with Crippen LogP contribution in [0.15, 0.2) is 65.1 Å². The molecule has 1 aromatic heterocycles. The second-order valence-electron chi connectivity index (χ2n) is 7.31. The summed E-state index contributed by atoms with van der Waals surface area (Å²) in [6, 6.07) is 21.1. The number of carbonyl (C=O) groups excluding carboxylic acids is 1. The molecule has 3 N–H and O–H groups in total. The molecule has 0 bridgehead atoms. The SMILES string of the molecule is NCCNC(=O)CCCCC[n+]1c(/C=C/c2cccc(Br)c2)ccc2ccccc21. The minimum absolute atomic E-state index is 0.0934. The molecule has 0 saturated carbocycles. The fraction of sp³-hybridized carbons (Fsp3) is 0.280. The average molecular weight is 467 g/mol. The van der Waals surface area contributed by atoms with E-state index in [4.69, 9.17) is 5.73 Å². The van der Waals surface area contributed by atoms with Gasteiger partial charge in [-0.15, -0.1) is 0 Å². The van der Waals surface area contributed by atoms with Gasteiger partial charge in [-0.25, -0.2) is 0 Å². The second kappa shape index (κ2) is 11.6. The highest BCUT2D eigenvalue weighted by atomic mass is 79.9. The third-order valence-corrected chi connectivity index (χ3v) is 5.51. The molecular formula is C25H29BrN3O+. The molecule has 4 nitrogen and oxygen atoms in total. The lowest BCUT2D eigenvalue weighted by Gasteiger charge is -2.06. The number of halogens is 1. The second-order valence-corrected chi connectivity index (χ2v) is 8.22. The number of hydrogen-bond donors (Lipinski definition) is 2. The number of hydrogen-bond acceptors (Lipinski definition) is 2. The summed E-state index contributed by atoms with van der Waals surface area (Å²) in [7, 11) is 0. The first-order valence-electron chi connectivity index (χ1n) is 10.5. The van der Waals surface area contributed by atoms with E-state index in [1.165, 1.54) is 16.6 Å². The number of fused-ring (bicyclic) bond motifs is 1. The van der Waals surface area contributed by atoms with Crippen molar-refractivity contribution < 1.29 is 9.36 Å². The molecule has 0 unspecified atom stereocenters. The largest absolute Gasteiger partial charge is 0.355 e. The lowest BCUT2D eigenvalue weighted by molar-refractivity contribution is -0.673. The average Bonchev–Trinajstić information content (AvgIpc) is 2.76. The molecule has 0 aliphatic rings. The van der Waals surface area contributed by atoms with Crippen molar-refractivity contribution in [3.8, 4) is 0 Å². The third-order valence-electron chi connectivity index (χ3n) is 5.02. The molecule has 3 rings (SSSR count). The highest BCUT2D eigenvalue weighted by Crippen LogP contribution is 2.16. The molecule has 0 fully saturated rings. The van der Waals surface area contributed by atoms with Crippen molar-refractivity contribution in [2.24, 2.45) is 5.73 Å². The Morgan fingerprint density at radius 2 is 1.87 bits per heavy atom. The molecule has 5 heteroatoms. The van der Waals surface area contributed by atoms with Crippen LogP contribution in [0.1, 0.15) is 36.9 Å². The van der Waals surface area contributed by atoms with Crippen molar-refractivity contribution in [1.82, 2.24) is 5.32 Å². The van der Waals surface area contributed by atoms with Gasteiger partial charge in [-0.05, 0) is 48.7 Å². The van der Waals surface area contributed by atoms with Crippen LogP contribution in [0, 0.1) is 0 Å². The monoisotopic (exact) mass is 466 g/mol. The third kappa shape index (κ3) is 6.51. The molecule has 0 saturated heterocycles. The van der Waals surface area contributed by atoms with Gasteiger partial charge in [0, 0.05) is 54.0 Å². The van der Waals surface area contributed by atoms with Gasteiger partial charge in [-0.3, -0.25) is 4.79 Å². The minimum atomic E-state index is 0.0934. The van der Waals surface area contributed by atoms with E-state index < -0.39 is 0 Å². The normalized spacial score (nSPS) is 11.3. The summed E-state index contributed by atoms with van der Waals surface area (Å²) in [5.74, 6) is 0.0934. The number of amides is 1. The quantitative estimate of drug-likeness (QED) is 0.336. The molecule has 156 valence electrons. The lowest BCUT2D eigenvalue weighted by atomic mass is 10.1. The number of pyridine rings is 1. The molecule has 0 aliphatic heterocycles. The number of benzene rings is 2. The molecule has 3 aromatic rings. The van der Waals surface area contributed by atoms with Gasteiger partial charge < -0.3 is 11.1 Å². The highest BCUT2D eigenvalue weighted by molar-refractivity contribution is 9.10. The van der Waals surface area contributed by atoms with E-state index in [0.717, 1.165) is 35.8 Å². The summed E-state index contributed by atoms with van der Waals surface area (Å²) in [6.45, 7) is 1.96. The van der Waals surface area contributed by atoms with Crippen LogP contribution in [0.5, 0.6) is 0 Å². The Hall–Kier alpha value is -2.50. The molecule has 1 heterocycles. The van der Waals surface area contributed by atoms with Crippen molar-refractivity contribution in [3.05, 3.63) is 76.4 Å². The van der Waals surface area contributed by atoms with Gasteiger partial charge >= 0.3 is 0 Å². The summed E-state index contributed by atoms with van der Waals surface area (Å²) in [5.41, 5.74) is 8.99. The van der Waals surface area contributed by atoms with Crippen LogP contribution in [0.2, 0.25) is 0 Å². The van der Waals surface area contributed by atoms with Crippen LogP contribution in [0.4, 0.5) is 0 Å². The van der Waals surface area contributed by atoms with Crippen molar-refractivity contribution in [2.45, 2.75) is 32.2 Å². The zero-order valence-electron chi connectivity index (χ0n) is 17.2. The topological polar surface area (TPSA) is 59.0 Å². The Balaban J connectivity index is 1.70. The number of aromatic nitrogens is 1. The van der Waals surface area contributed by atoms with Crippen LogP contribution in [-0.2, 0) is 11.3 Å². The number of para-hydroxylation sites is 1. The number of unbranched alkanes of at least 4 members (excludes halogenated alkanes) is 2. The van der Waals surface area contributed by atoms with E-state index >= 15 is 0 Å². The maximum absolute atomic E-state index is 11.7. The Morgan fingerprint density at radius 3 is 2.70 bits per heavy atom. The predicted molar refractivity (Wildman–Crippen MR) is 128 cm³/mol. The van der Waals surface area contributed by atoms with Crippen LogP contribution in [-0.4, -0.2) is 19.0 Å². The summed E-state index contributed by atoms with van der Waals surface area (Å²) in [5, 5.41) is 4.06. The summed E-state index contributed by atoms with van der Waals surface area (Å²) in [6.07, 6.45) is 7.82. The van der Waals surface area contributed by atoms with E-state index in [-0.39, 0.29) is 5.91 Å². The molecule has 2 aromatic carbocycles. The highest BCUT2D eigenvalue weighted by Gasteiger charge is 2.13. The van der Waals surface area contributed by atoms with Crippen LogP contribution >= 0.6 is 15.9 Å². The standard InChI is InChI=1S/C25H28BrN3O/c26-22-9-6-7-20(19-22)12-14-23-15-13-21-8-3-4-10-24(21)29(23)18-5-1-2-11-25(30)28-17-16-27/h3-4,6-10,12-15,19H,1-2,5,11,16-18,27H2/p+1/b14-12+. The first-order chi connectivity index (χ1) is 14.7. The number of nitrogens with one attached hydrogen (secondary N) is 1. The fourth-order valence-corrected chi connectivity index (χ4v) is 3.91. The summed E-state index contributed by atoms with van der Waals surface area (Å²) < 4.78 is 3.45. The van der Waals surface area contributed by atoms with Crippen molar-refractivity contribution in [3.63, 3.8) is 0 Å². The Kier molecular flexibility index (Phi) is 8.60. The van der Waals surface area contributed by atoms with Gasteiger partial charge in [0.25, 0.3) is 0 Å². The molecule has 0 spiro atoms. The summed E-state index contributed by atoms with van der Waals surface area (Å²) >= 11 is 3.53. The number of rotatable bonds is 10. The van der Waals surface area contributed by atoms with Crippen LogP contribution < -0.4 is 15.6 Å². The first-order valence-corrected chi connectivity index (χ1v) is 11.3. The zero-order valence-corrected chi connectivity index (χ0v) is 18.8. The summed E-state index contributed by atoms with van der Waals surface area (Å²) in [4.78, 5) is 11.7. The van der Waals surface area contributed by atoms with Gasteiger partial charge in [0.1, 0.15) is 6.54 Å². The predicted octanol–water partition coefficient (Wildman–Crippen LogP) is 4.70. The Morgan fingerprint density at radius 1 is 1.00 bits per heavy atom. The minimum Gasteiger partial charge on any atom is -0.355 e. The van der Waals surface area contributed by atoms with Crippen LogP contribution in [0.3, 0.4) is 0 Å². The lowest BCUT2D eigenvalue weighted by Crippen LogP contribution is -2.38. The van der Waals surface area contributed by atoms with Crippen LogP contribution in [0.25, 0.3) is 23.1 Å². The molecular weight excluding hydrogens is 438 g/mol. The Bertz CT molecular complexity index is 1020. The van der Waals surface area contributed by atoms with Gasteiger partial charge in [0.15, 0.2) is 0 Å². The molecule has 30 heavy (non-hydrogen) atoms. The van der Waals surface area contributed by atoms with E-state index in [9.17, 15) is 4.79 Å². The Labute approximate surface area is 186 Å². The number of aryl methyl sites for hydroxylation is 1. The molecule has 1 amide bonds. The van der Waals surface area contributed by atoms with Gasteiger partial charge in [-0.2, -0.15) is 4.57 Å². The number of nitrogens with two attached hydrogens (primary N) is 1. The van der Waals surface area contributed by atoms with Crippen molar-refractivity contribution >= 4 is 44.9 Å². The van der Waals surface area contributed by atoms with E-state index in [1.807, 2.05) is 12.1 Å². The van der Waals surface area contributed by atoms with E-state index in [1.54, 1.807) is 0 Å². The van der Waals surface area contributed by atoms with E-state index in [0.29, 0.717) is 19.5 Å². The van der Waals surface area contributed by atoms with Gasteiger partial charge in [-0.1, -0.05) is 40.2 Å². The number of carbonyl (C=O) groups is 1. The van der Waals surface area contributed by atoms with Gasteiger partial charge in [0.05, 0.1) is 0 Å². The number of nitrogens with zero attached hydrogens (tertiary/aromatic N) is 1.